The lowest BCUT2D eigenvalue weighted by molar-refractivity contribution is -0.132. The summed E-state index contributed by atoms with van der Waals surface area (Å²) in [7, 11) is -4.90. The van der Waals surface area contributed by atoms with E-state index in [2.05, 4.69) is 0 Å². The zero-order chi connectivity index (χ0) is 45.9. The number of ether oxygens (including phenoxy) is 2. The maximum atomic E-state index is 15.2. The van der Waals surface area contributed by atoms with Crippen molar-refractivity contribution >= 4 is 53.3 Å². The fourth-order valence-electron chi connectivity index (χ4n) is 6.77. The van der Waals surface area contributed by atoms with Gasteiger partial charge in [-0.3, -0.25) is 20.0 Å². The Morgan fingerprint density at radius 1 is 0.613 bits per heavy atom. The average Bonchev–Trinajstić information content (AvgIpc) is 3.84. The number of hydrogen-bond acceptors (Lipinski definition) is 10. The van der Waals surface area contributed by atoms with Gasteiger partial charge in [-0.05, 0) is 87.4 Å². The molecule has 0 aliphatic rings. The summed E-state index contributed by atoms with van der Waals surface area (Å²) in [5.41, 5.74) is 4.01. The van der Waals surface area contributed by atoms with E-state index in [9.17, 15) is 39.6 Å². The van der Waals surface area contributed by atoms with E-state index in [4.69, 9.17) is 19.9 Å². The number of nitrogens with one attached hydrogen (secondary N) is 2. The fourth-order valence-corrected chi connectivity index (χ4v) is 8.46. The van der Waals surface area contributed by atoms with E-state index in [0.29, 0.717) is 27.9 Å². The molecule has 0 aliphatic carbocycles. The van der Waals surface area contributed by atoms with Gasteiger partial charge in [0, 0.05) is 83.2 Å². The van der Waals surface area contributed by atoms with E-state index >= 15 is 4.39 Å². The first kappa shape index (κ1) is 47.1. The Morgan fingerprint density at radius 3 is 1.50 bits per heavy atom. The number of methoxy groups -OCH3 is 2. The van der Waals surface area contributed by atoms with Crippen molar-refractivity contribution in [2.24, 2.45) is 0 Å². The summed E-state index contributed by atoms with van der Waals surface area (Å²) in [5, 5.41) is 18.7. The molecule has 62 heavy (non-hydrogen) atoms. The molecule has 0 bridgehead atoms. The third-order valence-corrected chi connectivity index (χ3v) is 15.2. The molecule has 0 unspecified atom stereocenters. The van der Waals surface area contributed by atoms with Gasteiger partial charge >= 0.3 is 0 Å². The number of aryl methyl sites for hydroxylation is 2. The van der Waals surface area contributed by atoms with Crippen LogP contribution in [0.5, 0.6) is 11.5 Å². The Hall–Kier alpha value is -5.96. The maximum absolute atomic E-state index is 15.2. The third kappa shape index (κ3) is 9.13. The molecule has 0 saturated heterocycles. The van der Waals surface area contributed by atoms with Gasteiger partial charge in [-0.1, -0.05) is 0 Å². The summed E-state index contributed by atoms with van der Waals surface area (Å²) in [4.78, 5) is 24.0. The van der Waals surface area contributed by atoms with Gasteiger partial charge in [0.05, 0.1) is 25.3 Å². The number of nitrogens with zero attached hydrogens (tertiary/aromatic N) is 2. The number of fused-ring (bicyclic) bond motifs is 2. The van der Waals surface area contributed by atoms with Crippen LogP contribution in [0.3, 0.4) is 0 Å². The van der Waals surface area contributed by atoms with Crippen LogP contribution in [0.4, 0.5) is 17.6 Å². The first-order valence-corrected chi connectivity index (χ1v) is 22.3. The molecule has 4 aromatic carbocycles. The van der Waals surface area contributed by atoms with Crippen LogP contribution in [0.25, 0.3) is 44.1 Å². The van der Waals surface area contributed by atoms with Crippen LogP contribution in [-0.4, -0.2) is 84.4 Å². The number of aromatic nitrogens is 2. The van der Waals surface area contributed by atoms with E-state index in [1.807, 2.05) is 0 Å². The van der Waals surface area contributed by atoms with Crippen LogP contribution in [0.2, 0.25) is 0 Å². The largest absolute Gasteiger partial charge is 0.497 e. The highest BCUT2D eigenvalue weighted by Crippen LogP contribution is 2.35. The Morgan fingerprint density at radius 2 is 1.05 bits per heavy atom. The molecule has 6 aromatic rings. The number of benzene rings is 4. The Kier molecular flexibility index (Phi) is 13.8. The predicted molar refractivity (Wildman–Crippen MR) is 223 cm³/mol. The molecule has 0 radical (unpaired) electrons. The summed E-state index contributed by atoms with van der Waals surface area (Å²) in [6.07, 6.45) is 4.69. The molecule has 2 amide bonds. The molecule has 6 rings (SSSR count). The summed E-state index contributed by atoms with van der Waals surface area (Å²) in [5.74, 6) is -4.00. The van der Waals surface area contributed by atoms with Gasteiger partial charge in [-0.15, -0.1) is 0 Å². The third-order valence-electron chi connectivity index (χ3n) is 11.1. The highest BCUT2D eigenvalue weighted by Gasteiger charge is 2.44. The molecule has 20 heteroatoms. The number of amides is 2. The van der Waals surface area contributed by atoms with Crippen molar-refractivity contribution in [2.75, 3.05) is 26.7 Å². The lowest BCUT2D eigenvalue weighted by Crippen LogP contribution is -2.49. The smallest absolute Gasteiger partial charge is 0.264 e. The lowest BCUT2D eigenvalue weighted by Gasteiger charge is -2.25. The minimum absolute atomic E-state index is 0.0656. The number of carbonyl (C=O) groups excluding carboxylic acids is 2. The average molecular weight is 905 g/mol. The van der Waals surface area contributed by atoms with Crippen LogP contribution in [0, 0.1) is 23.3 Å². The van der Waals surface area contributed by atoms with Crippen LogP contribution >= 0.6 is 0 Å². The first-order valence-electron chi connectivity index (χ1n) is 18.6. The van der Waals surface area contributed by atoms with Crippen molar-refractivity contribution in [3.63, 3.8) is 0 Å². The van der Waals surface area contributed by atoms with Crippen LogP contribution in [-0.2, 0) is 42.4 Å². The number of rotatable bonds is 14. The molecule has 14 nitrogen and oxygen atoms in total. The van der Waals surface area contributed by atoms with Crippen molar-refractivity contribution < 1.29 is 63.9 Å². The molecular formula is C42H44F4N4O10S2. The highest BCUT2D eigenvalue weighted by atomic mass is 32.2. The summed E-state index contributed by atoms with van der Waals surface area (Å²) >= 11 is 0. The van der Waals surface area contributed by atoms with Gasteiger partial charge in [0.15, 0.2) is 29.2 Å². The standard InChI is InChI=1S/2C21H22F2N2O5S/c1-21(20(26)24-27,31(3,28)29)7-9-25-8-6-13-10-16(18(23)12-19(13)25)15-5-4-14(30-2)11-17(15)22;1-21(20(26)24-27,31(3,28)29)9-11-25-10-8-16-18(25)7-6-15(19(16)23)14-5-4-13(30-2)12-17(14)22/h4-6,8,10-12,27H,7,9H2,1-3H3,(H,24,26);4-8,10,12,27H,9,11H2,1-3H3,(H,24,26)/t2*21-/m11/s1. The Bertz CT molecular complexity index is 2790. The molecule has 332 valence electrons. The van der Waals surface area contributed by atoms with E-state index in [1.54, 1.807) is 33.7 Å². The number of hydrogen-bond donors (Lipinski definition) is 4. The quantitative estimate of drug-likeness (QED) is 0.0527. The first-order chi connectivity index (χ1) is 29.0. The molecule has 2 aromatic heterocycles. The van der Waals surface area contributed by atoms with Gasteiger partial charge in [0.25, 0.3) is 11.8 Å². The second-order valence-corrected chi connectivity index (χ2v) is 19.7. The molecule has 0 saturated carbocycles. The minimum atomic E-state index is -3.86. The van der Waals surface area contributed by atoms with Crippen molar-refractivity contribution in [1.29, 1.82) is 0 Å². The Labute approximate surface area is 354 Å². The second kappa shape index (κ2) is 18.2. The van der Waals surface area contributed by atoms with E-state index < -0.39 is 64.3 Å². The summed E-state index contributed by atoms with van der Waals surface area (Å²) in [6, 6.07) is 17.2. The molecule has 2 heterocycles. The zero-order valence-corrected chi connectivity index (χ0v) is 35.9. The molecule has 0 spiro atoms. The SMILES string of the molecule is COc1ccc(-c2cc3ccn(CC[C@](C)(C(=O)NO)S(C)(=O)=O)c3cc2F)c(F)c1.COc1ccc(-c2ccc3c(ccn3CC[C@](C)(C(=O)NO)S(C)(=O)=O)c2F)c(F)c1. The summed E-state index contributed by atoms with van der Waals surface area (Å²) in [6.45, 7) is 2.56. The lowest BCUT2D eigenvalue weighted by atomic mass is 10.0. The van der Waals surface area contributed by atoms with Gasteiger partial charge in [-0.25, -0.2) is 45.4 Å². The number of sulfone groups is 2. The summed E-state index contributed by atoms with van der Waals surface area (Å²) < 4.78 is 117. The van der Waals surface area contributed by atoms with Crippen molar-refractivity contribution in [1.82, 2.24) is 20.1 Å². The van der Waals surface area contributed by atoms with Gasteiger partial charge in [0.2, 0.25) is 0 Å². The van der Waals surface area contributed by atoms with E-state index in [1.165, 1.54) is 99.7 Å². The number of halogens is 4. The molecule has 2 atom stereocenters. The van der Waals surface area contributed by atoms with Crippen molar-refractivity contribution in [2.45, 2.75) is 49.3 Å². The molecule has 4 N–H and O–H groups in total. The zero-order valence-electron chi connectivity index (χ0n) is 34.3. The Balaban J connectivity index is 0.000000234. The molecule has 0 aliphatic heterocycles. The molecular weight excluding hydrogens is 861 g/mol. The van der Waals surface area contributed by atoms with Crippen molar-refractivity contribution in [3.05, 3.63) is 108 Å². The predicted octanol–water partition coefficient (Wildman–Crippen LogP) is 6.59. The monoisotopic (exact) mass is 904 g/mol. The topological polar surface area (TPSA) is 195 Å². The minimum Gasteiger partial charge on any atom is -0.497 e. The van der Waals surface area contributed by atoms with Crippen molar-refractivity contribution in [3.8, 4) is 33.8 Å². The number of hydroxylamine groups is 2. The van der Waals surface area contributed by atoms with Crippen LogP contribution < -0.4 is 20.4 Å². The van der Waals surface area contributed by atoms with Gasteiger partial charge in [0.1, 0.15) is 34.8 Å². The van der Waals surface area contributed by atoms with E-state index in [0.717, 1.165) is 12.5 Å². The van der Waals surface area contributed by atoms with E-state index in [-0.39, 0.29) is 53.6 Å². The molecule has 0 fully saturated rings. The van der Waals surface area contributed by atoms with Gasteiger partial charge < -0.3 is 18.6 Å². The van der Waals surface area contributed by atoms with Gasteiger partial charge in [-0.2, -0.15) is 0 Å². The highest BCUT2D eigenvalue weighted by molar-refractivity contribution is 7.93. The second-order valence-electron chi connectivity index (χ2n) is 14.8. The fraction of sp³-hybridized carbons (Fsp3) is 0.286. The number of carbonyl (C=O) groups is 2. The van der Waals surface area contributed by atoms with Crippen LogP contribution in [0.15, 0.2) is 85.2 Å². The van der Waals surface area contributed by atoms with Crippen LogP contribution in [0.1, 0.15) is 26.7 Å². The normalized spacial score (nSPS) is 13.7. The maximum Gasteiger partial charge on any atom is 0.264 e.